The van der Waals surface area contributed by atoms with E-state index in [9.17, 15) is 9.59 Å². The van der Waals surface area contributed by atoms with Crippen molar-refractivity contribution >= 4 is 28.5 Å². The average Bonchev–Trinajstić information content (AvgIpc) is 3.30. The molecule has 8 heteroatoms. The average molecular weight is 500 g/mol. The van der Waals surface area contributed by atoms with Crippen LogP contribution < -0.4 is 15.0 Å². The van der Waals surface area contributed by atoms with Crippen LogP contribution in [0.1, 0.15) is 37.4 Å². The van der Waals surface area contributed by atoms with Gasteiger partial charge in [-0.2, -0.15) is 0 Å². The number of fused-ring (bicyclic) bond motifs is 1. The topological polar surface area (TPSA) is 89.3 Å². The zero-order valence-corrected chi connectivity index (χ0v) is 21.7. The normalized spacial score (nSPS) is 11.9. The van der Waals surface area contributed by atoms with Crippen LogP contribution in [0.15, 0.2) is 72.8 Å². The summed E-state index contributed by atoms with van der Waals surface area (Å²) in [6.45, 7) is 6.57. The summed E-state index contributed by atoms with van der Waals surface area (Å²) in [5.41, 5.74) is 3.59. The third-order valence-electron chi connectivity index (χ3n) is 6.21. The van der Waals surface area contributed by atoms with Crippen molar-refractivity contribution in [2.24, 2.45) is 5.92 Å². The first-order valence-electron chi connectivity index (χ1n) is 12.5. The van der Waals surface area contributed by atoms with Crippen molar-refractivity contribution < 1.29 is 14.3 Å². The Bertz CT molecular complexity index is 1370. The molecule has 0 aliphatic rings. The second-order valence-electron chi connectivity index (χ2n) is 9.46. The molecule has 2 amide bonds. The number of aromatic nitrogens is 3. The van der Waals surface area contributed by atoms with E-state index >= 15 is 0 Å². The summed E-state index contributed by atoms with van der Waals surface area (Å²) >= 11 is 0. The number of carbonyl (C=O) groups excluding carboxylic acids is 2. The molecule has 3 aromatic carbocycles. The Morgan fingerprint density at radius 1 is 1.03 bits per heavy atom. The number of nitrogens with zero attached hydrogens (tertiary/aromatic N) is 4. The van der Waals surface area contributed by atoms with Gasteiger partial charge < -0.3 is 10.1 Å². The van der Waals surface area contributed by atoms with Gasteiger partial charge in [-0.25, -0.2) is 4.68 Å². The second kappa shape index (κ2) is 11.7. The number of aryl methyl sites for hydroxylation is 1. The van der Waals surface area contributed by atoms with Crippen LogP contribution in [0.2, 0.25) is 0 Å². The Morgan fingerprint density at radius 2 is 1.76 bits per heavy atom. The van der Waals surface area contributed by atoms with E-state index in [2.05, 4.69) is 29.5 Å². The van der Waals surface area contributed by atoms with Crippen molar-refractivity contribution in [1.82, 2.24) is 20.3 Å². The number of nitrogens with one attached hydrogen (secondary N) is 1. The summed E-state index contributed by atoms with van der Waals surface area (Å²) in [4.78, 5) is 29.4. The largest absolute Gasteiger partial charge is 0.495 e. The lowest BCUT2D eigenvalue weighted by molar-refractivity contribution is -0.127. The maximum absolute atomic E-state index is 14.1. The highest BCUT2D eigenvalue weighted by Crippen LogP contribution is 2.36. The fraction of sp³-hybridized carbons (Fsp3) is 0.310. The highest BCUT2D eigenvalue weighted by Gasteiger charge is 2.34. The van der Waals surface area contributed by atoms with Crippen molar-refractivity contribution in [2.75, 3.05) is 18.6 Å². The van der Waals surface area contributed by atoms with E-state index in [1.165, 1.54) is 4.90 Å². The fourth-order valence-electron chi connectivity index (χ4n) is 4.28. The van der Waals surface area contributed by atoms with Crippen molar-refractivity contribution in [2.45, 2.75) is 39.8 Å². The Kier molecular flexibility index (Phi) is 8.18. The van der Waals surface area contributed by atoms with E-state index in [4.69, 9.17) is 4.74 Å². The van der Waals surface area contributed by atoms with Gasteiger partial charge in [-0.05, 0) is 54.7 Å². The van der Waals surface area contributed by atoms with Crippen LogP contribution in [0.3, 0.4) is 0 Å². The van der Waals surface area contributed by atoms with Crippen molar-refractivity contribution in [1.29, 1.82) is 0 Å². The summed E-state index contributed by atoms with van der Waals surface area (Å²) < 4.78 is 7.22. The zero-order valence-electron chi connectivity index (χ0n) is 21.7. The van der Waals surface area contributed by atoms with E-state index in [1.807, 2.05) is 79.7 Å². The summed E-state index contributed by atoms with van der Waals surface area (Å²) in [5, 5.41) is 11.4. The van der Waals surface area contributed by atoms with Gasteiger partial charge in [0.15, 0.2) is 0 Å². The molecular formula is C29H33N5O3. The van der Waals surface area contributed by atoms with E-state index < -0.39 is 6.04 Å². The SMILES string of the molecule is COc1ccc(C)cc1N(C(=O)Cn1nnc2ccccc21)[C@H](C(=O)NCCC(C)C)c1ccccc1. The number of anilines is 1. The highest BCUT2D eigenvalue weighted by atomic mass is 16.5. The van der Waals surface area contributed by atoms with Gasteiger partial charge in [0, 0.05) is 6.54 Å². The lowest BCUT2D eigenvalue weighted by atomic mass is 10.0. The molecule has 1 heterocycles. The third kappa shape index (κ3) is 5.97. The Morgan fingerprint density at radius 3 is 2.49 bits per heavy atom. The summed E-state index contributed by atoms with van der Waals surface area (Å²) in [5.74, 6) is 0.364. The number of para-hydroxylation sites is 1. The van der Waals surface area contributed by atoms with Crippen molar-refractivity contribution in [3.63, 3.8) is 0 Å². The number of amides is 2. The highest BCUT2D eigenvalue weighted by molar-refractivity contribution is 6.02. The molecule has 1 aromatic heterocycles. The number of ether oxygens (including phenoxy) is 1. The third-order valence-corrected chi connectivity index (χ3v) is 6.21. The van der Waals surface area contributed by atoms with E-state index in [0.29, 0.717) is 35.0 Å². The standard InChI is InChI=1S/C29H33N5O3/c1-20(2)16-17-30-29(36)28(22-10-6-5-7-11-22)34(25-18-21(3)14-15-26(25)37-4)27(35)19-33-24-13-9-8-12-23(24)31-32-33/h5-15,18,20,28H,16-17,19H2,1-4H3,(H,30,36)/t28-/m0/s1. The smallest absolute Gasteiger partial charge is 0.249 e. The van der Waals surface area contributed by atoms with Gasteiger partial charge in [-0.1, -0.05) is 67.6 Å². The maximum atomic E-state index is 14.1. The number of hydrogen-bond donors (Lipinski definition) is 1. The first kappa shape index (κ1) is 25.9. The molecule has 8 nitrogen and oxygen atoms in total. The predicted molar refractivity (Wildman–Crippen MR) is 144 cm³/mol. The van der Waals surface area contributed by atoms with Crippen LogP contribution in [-0.2, 0) is 16.1 Å². The van der Waals surface area contributed by atoms with Gasteiger partial charge in [-0.15, -0.1) is 5.10 Å². The fourth-order valence-corrected chi connectivity index (χ4v) is 4.28. The number of hydrogen-bond acceptors (Lipinski definition) is 5. The Balaban J connectivity index is 1.81. The minimum absolute atomic E-state index is 0.0970. The van der Waals surface area contributed by atoms with Crippen molar-refractivity contribution in [3.05, 3.63) is 83.9 Å². The molecule has 0 fully saturated rings. The van der Waals surface area contributed by atoms with E-state index in [-0.39, 0.29) is 18.4 Å². The lowest BCUT2D eigenvalue weighted by Crippen LogP contribution is -2.45. The first-order valence-corrected chi connectivity index (χ1v) is 12.5. The van der Waals surface area contributed by atoms with Crippen LogP contribution in [0.4, 0.5) is 5.69 Å². The first-order chi connectivity index (χ1) is 17.9. The molecule has 0 aliphatic carbocycles. The van der Waals surface area contributed by atoms with Gasteiger partial charge in [0.2, 0.25) is 11.8 Å². The van der Waals surface area contributed by atoms with Crippen LogP contribution in [-0.4, -0.2) is 40.5 Å². The van der Waals surface area contributed by atoms with Gasteiger partial charge in [-0.3, -0.25) is 14.5 Å². The molecule has 0 saturated heterocycles. The van der Waals surface area contributed by atoms with Crippen LogP contribution in [0.5, 0.6) is 5.75 Å². The van der Waals surface area contributed by atoms with E-state index in [1.54, 1.807) is 11.8 Å². The maximum Gasteiger partial charge on any atom is 0.249 e. The molecule has 1 N–H and O–H groups in total. The monoisotopic (exact) mass is 499 g/mol. The molecule has 0 spiro atoms. The van der Waals surface area contributed by atoms with Crippen LogP contribution in [0, 0.1) is 12.8 Å². The molecular weight excluding hydrogens is 466 g/mol. The predicted octanol–water partition coefficient (Wildman–Crippen LogP) is 4.69. The molecule has 192 valence electrons. The molecule has 4 aromatic rings. The molecule has 37 heavy (non-hydrogen) atoms. The van der Waals surface area contributed by atoms with Crippen molar-refractivity contribution in [3.8, 4) is 5.75 Å². The summed E-state index contributed by atoms with van der Waals surface area (Å²) in [6, 6.07) is 21.5. The number of benzene rings is 3. The minimum Gasteiger partial charge on any atom is -0.495 e. The lowest BCUT2D eigenvalue weighted by Gasteiger charge is -2.32. The Labute approximate surface area is 217 Å². The molecule has 1 atom stereocenters. The van der Waals surface area contributed by atoms with Gasteiger partial charge >= 0.3 is 0 Å². The van der Waals surface area contributed by atoms with E-state index in [0.717, 1.165) is 17.5 Å². The Hall–Kier alpha value is -4.20. The molecule has 0 aliphatic heterocycles. The molecule has 0 radical (unpaired) electrons. The number of methoxy groups -OCH3 is 1. The minimum atomic E-state index is -0.911. The second-order valence-corrected chi connectivity index (χ2v) is 9.46. The summed E-state index contributed by atoms with van der Waals surface area (Å²) in [6.07, 6.45) is 0.833. The quantitative estimate of drug-likeness (QED) is 0.342. The molecule has 0 unspecified atom stereocenters. The van der Waals surface area contributed by atoms with Crippen LogP contribution >= 0.6 is 0 Å². The van der Waals surface area contributed by atoms with Gasteiger partial charge in [0.05, 0.1) is 18.3 Å². The molecule has 4 rings (SSSR count). The van der Waals surface area contributed by atoms with Crippen LogP contribution in [0.25, 0.3) is 11.0 Å². The number of rotatable bonds is 10. The number of carbonyl (C=O) groups is 2. The summed E-state index contributed by atoms with van der Waals surface area (Å²) in [7, 11) is 1.56. The van der Waals surface area contributed by atoms with Gasteiger partial charge in [0.25, 0.3) is 0 Å². The zero-order chi connectivity index (χ0) is 26.4. The molecule has 0 saturated carbocycles. The van der Waals surface area contributed by atoms with Gasteiger partial charge in [0.1, 0.15) is 23.9 Å². The molecule has 0 bridgehead atoms.